The number of anilines is 1. The molecule has 0 radical (unpaired) electrons. The molecule has 26 heavy (non-hydrogen) atoms. The molecule has 1 aliphatic rings. The second kappa shape index (κ2) is 5.37. The molecule has 3 heterocycles. The van der Waals surface area contributed by atoms with Gasteiger partial charge < -0.3 is 4.57 Å². The van der Waals surface area contributed by atoms with Crippen LogP contribution in [0.1, 0.15) is 26.4 Å². The lowest BCUT2D eigenvalue weighted by Crippen LogP contribution is -2.29. The van der Waals surface area contributed by atoms with Gasteiger partial charge in [-0.05, 0) is 31.2 Å². The summed E-state index contributed by atoms with van der Waals surface area (Å²) in [6.07, 6.45) is 1.59. The average Bonchev–Trinajstić information content (AvgIpc) is 3.33. The van der Waals surface area contributed by atoms with Crippen molar-refractivity contribution in [3.05, 3.63) is 76.9 Å². The van der Waals surface area contributed by atoms with E-state index in [1.807, 2.05) is 47.9 Å². The summed E-state index contributed by atoms with van der Waals surface area (Å²) in [6.45, 7) is 2.00. The van der Waals surface area contributed by atoms with E-state index < -0.39 is 0 Å². The molecule has 6 heteroatoms. The van der Waals surface area contributed by atoms with Crippen LogP contribution in [0.3, 0.4) is 0 Å². The van der Waals surface area contributed by atoms with E-state index in [1.54, 1.807) is 17.6 Å². The molecule has 5 nitrogen and oxygen atoms in total. The Bertz CT molecular complexity index is 1190. The zero-order valence-electron chi connectivity index (χ0n) is 13.8. The molecule has 0 unspecified atom stereocenters. The number of thiazole rings is 1. The van der Waals surface area contributed by atoms with Crippen molar-refractivity contribution in [2.75, 3.05) is 4.90 Å². The number of aromatic nitrogens is 2. The van der Waals surface area contributed by atoms with Crippen LogP contribution in [0.4, 0.5) is 5.13 Å². The van der Waals surface area contributed by atoms with Gasteiger partial charge in [0, 0.05) is 22.7 Å². The van der Waals surface area contributed by atoms with Crippen molar-refractivity contribution >= 4 is 39.2 Å². The topological polar surface area (TPSA) is 55.2 Å². The highest BCUT2D eigenvalue weighted by Gasteiger charge is 2.40. The van der Waals surface area contributed by atoms with Crippen LogP contribution >= 0.6 is 11.3 Å². The minimum Gasteiger partial charge on any atom is -0.313 e. The van der Waals surface area contributed by atoms with Gasteiger partial charge in [-0.25, -0.2) is 9.88 Å². The standard InChI is InChI=1S/C20H13N3O2S/c1-12-11-13-5-2-3-7-15(13)22(12)16-8-4-6-14-17(16)19(25)23(18(14)24)20-21-9-10-26-20/h2-11H,1H3. The first kappa shape index (κ1) is 15.0. The number of benzene rings is 2. The van der Waals surface area contributed by atoms with E-state index in [0.717, 1.165) is 22.3 Å². The molecule has 0 fully saturated rings. The van der Waals surface area contributed by atoms with Crippen molar-refractivity contribution in [1.82, 2.24) is 9.55 Å². The molecule has 0 bridgehead atoms. The Labute approximate surface area is 153 Å². The molecule has 0 N–H and O–H groups in total. The number of nitrogens with zero attached hydrogens (tertiary/aromatic N) is 3. The fourth-order valence-corrected chi connectivity index (χ4v) is 4.20. The van der Waals surface area contributed by atoms with Crippen LogP contribution in [0.15, 0.2) is 60.1 Å². The molecule has 0 aliphatic carbocycles. The van der Waals surface area contributed by atoms with Crippen molar-refractivity contribution in [3.8, 4) is 5.69 Å². The zero-order chi connectivity index (χ0) is 17.8. The SMILES string of the molecule is Cc1cc2ccccc2n1-c1cccc2c1C(=O)N(c1nccs1)C2=O. The van der Waals surface area contributed by atoms with E-state index in [1.165, 1.54) is 16.2 Å². The molecule has 2 amide bonds. The number of imide groups is 1. The third-order valence-electron chi connectivity index (χ3n) is 4.64. The lowest BCUT2D eigenvalue weighted by molar-refractivity contribution is 0.0926. The van der Waals surface area contributed by atoms with Crippen molar-refractivity contribution in [2.24, 2.45) is 0 Å². The Kier molecular flexibility index (Phi) is 3.11. The molecular formula is C20H13N3O2S. The van der Waals surface area contributed by atoms with Gasteiger partial charge in [0.2, 0.25) is 0 Å². The summed E-state index contributed by atoms with van der Waals surface area (Å²) in [4.78, 5) is 31.3. The van der Waals surface area contributed by atoms with E-state index in [4.69, 9.17) is 0 Å². The number of hydrogen-bond acceptors (Lipinski definition) is 4. The monoisotopic (exact) mass is 359 g/mol. The zero-order valence-corrected chi connectivity index (χ0v) is 14.7. The van der Waals surface area contributed by atoms with Crippen molar-refractivity contribution < 1.29 is 9.59 Å². The highest BCUT2D eigenvalue weighted by atomic mass is 32.1. The summed E-state index contributed by atoms with van der Waals surface area (Å²) in [7, 11) is 0. The summed E-state index contributed by atoms with van der Waals surface area (Å²) >= 11 is 1.27. The molecule has 2 aromatic heterocycles. The van der Waals surface area contributed by atoms with Crippen LogP contribution in [0.2, 0.25) is 0 Å². The highest BCUT2D eigenvalue weighted by Crippen LogP contribution is 2.35. The molecule has 4 aromatic rings. The Morgan fingerprint density at radius 2 is 1.85 bits per heavy atom. The predicted octanol–water partition coefficient (Wildman–Crippen LogP) is 4.20. The first-order chi connectivity index (χ1) is 12.7. The Morgan fingerprint density at radius 3 is 2.65 bits per heavy atom. The van der Waals surface area contributed by atoms with Gasteiger partial charge in [-0.3, -0.25) is 9.59 Å². The van der Waals surface area contributed by atoms with Gasteiger partial charge in [-0.2, -0.15) is 0 Å². The largest absolute Gasteiger partial charge is 0.313 e. The molecule has 0 atom stereocenters. The fraction of sp³-hybridized carbons (Fsp3) is 0.0500. The van der Waals surface area contributed by atoms with Gasteiger partial charge in [0.1, 0.15) is 0 Å². The minimum atomic E-state index is -0.326. The fourth-order valence-electron chi connectivity index (χ4n) is 3.57. The lowest BCUT2D eigenvalue weighted by Gasteiger charge is -2.12. The molecule has 1 aliphatic heterocycles. The van der Waals surface area contributed by atoms with E-state index in [-0.39, 0.29) is 11.8 Å². The molecule has 5 rings (SSSR count). The molecule has 2 aromatic carbocycles. The molecule has 0 spiro atoms. The quantitative estimate of drug-likeness (QED) is 0.504. The van der Waals surface area contributed by atoms with Crippen LogP contribution in [-0.2, 0) is 0 Å². The Balaban J connectivity index is 1.77. The van der Waals surface area contributed by atoms with Gasteiger partial charge in [-0.15, -0.1) is 11.3 Å². The van der Waals surface area contributed by atoms with Gasteiger partial charge in [0.05, 0.1) is 22.3 Å². The Morgan fingerprint density at radius 1 is 1.00 bits per heavy atom. The predicted molar refractivity (Wildman–Crippen MR) is 101 cm³/mol. The third kappa shape index (κ3) is 1.93. The number of amides is 2. The first-order valence-corrected chi connectivity index (χ1v) is 9.03. The van der Waals surface area contributed by atoms with Crippen molar-refractivity contribution in [3.63, 3.8) is 0 Å². The molecule has 0 saturated carbocycles. The van der Waals surface area contributed by atoms with Crippen LogP contribution in [0.25, 0.3) is 16.6 Å². The normalized spacial score (nSPS) is 13.7. The second-order valence-electron chi connectivity index (χ2n) is 6.14. The third-order valence-corrected chi connectivity index (χ3v) is 5.40. The Hall–Kier alpha value is -3.25. The van der Waals surface area contributed by atoms with Gasteiger partial charge in [-0.1, -0.05) is 24.3 Å². The van der Waals surface area contributed by atoms with E-state index in [2.05, 4.69) is 11.1 Å². The number of carbonyl (C=O) groups excluding carboxylic acids is 2. The number of fused-ring (bicyclic) bond motifs is 2. The van der Waals surface area contributed by atoms with Crippen LogP contribution in [0, 0.1) is 6.92 Å². The maximum Gasteiger partial charge on any atom is 0.270 e. The molecular weight excluding hydrogens is 346 g/mol. The van der Waals surface area contributed by atoms with Gasteiger partial charge >= 0.3 is 0 Å². The summed E-state index contributed by atoms with van der Waals surface area (Å²) in [5.74, 6) is -0.649. The summed E-state index contributed by atoms with van der Waals surface area (Å²) in [6, 6.07) is 15.5. The van der Waals surface area contributed by atoms with Gasteiger partial charge in [0.25, 0.3) is 11.8 Å². The number of carbonyl (C=O) groups is 2. The lowest BCUT2D eigenvalue weighted by atomic mass is 10.1. The van der Waals surface area contributed by atoms with E-state index >= 15 is 0 Å². The second-order valence-corrected chi connectivity index (χ2v) is 7.01. The smallest absolute Gasteiger partial charge is 0.270 e. The van der Waals surface area contributed by atoms with E-state index in [9.17, 15) is 9.59 Å². The van der Waals surface area contributed by atoms with Crippen molar-refractivity contribution in [2.45, 2.75) is 6.92 Å². The number of hydrogen-bond donors (Lipinski definition) is 0. The van der Waals surface area contributed by atoms with Crippen LogP contribution in [0.5, 0.6) is 0 Å². The number of rotatable bonds is 2. The summed E-state index contributed by atoms with van der Waals surface area (Å²) < 4.78 is 2.03. The van der Waals surface area contributed by atoms with Gasteiger partial charge in [0.15, 0.2) is 5.13 Å². The summed E-state index contributed by atoms with van der Waals surface area (Å²) in [5, 5.41) is 3.25. The maximum absolute atomic E-state index is 13.1. The van der Waals surface area contributed by atoms with Crippen LogP contribution in [-0.4, -0.2) is 21.4 Å². The van der Waals surface area contributed by atoms with Crippen molar-refractivity contribution in [1.29, 1.82) is 0 Å². The highest BCUT2D eigenvalue weighted by molar-refractivity contribution is 7.14. The van der Waals surface area contributed by atoms with Crippen LogP contribution < -0.4 is 4.90 Å². The minimum absolute atomic E-state index is 0.323. The molecule has 126 valence electrons. The maximum atomic E-state index is 13.1. The number of aryl methyl sites for hydroxylation is 1. The number of para-hydroxylation sites is 1. The van der Waals surface area contributed by atoms with E-state index in [0.29, 0.717) is 16.3 Å². The summed E-state index contributed by atoms with van der Waals surface area (Å²) in [5.41, 5.74) is 3.58. The molecule has 0 saturated heterocycles. The first-order valence-electron chi connectivity index (χ1n) is 8.15. The average molecular weight is 359 g/mol.